The normalized spacial score (nSPS) is 13.2. The summed E-state index contributed by atoms with van der Waals surface area (Å²) < 4.78 is 10.3. The van der Waals surface area contributed by atoms with Crippen molar-refractivity contribution in [2.24, 2.45) is 0 Å². The van der Waals surface area contributed by atoms with E-state index >= 15 is 0 Å². The lowest BCUT2D eigenvalue weighted by Gasteiger charge is -2.16. The summed E-state index contributed by atoms with van der Waals surface area (Å²) in [5.41, 5.74) is 0. The number of ether oxygens (including phenoxy) is 2. The average molecular weight is 175 g/mol. The second-order valence-corrected chi connectivity index (χ2v) is 2.70. The number of hydrogen-bond donors (Lipinski definition) is 1. The van der Waals surface area contributed by atoms with Gasteiger partial charge in [0.05, 0.1) is 6.61 Å². The average Bonchev–Trinajstić information content (AvgIpc) is 2.06. The third-order valence-electron chi connectivity index (χ3n) is 1.68. The zero-order chi connectivity index (χ0) is 9.23. The van der Waals surface area contributed by atoms with Crippen LogP contribution >= 0.6 is 0 Å². The van der Waals surface area contributed by atoms with Crippen LogP contribution in [0.3, 0.4) is 0 Å². The molecule has 1 N–H and O–H groups in total. The van der Waals surface area contributed by atoms with Crippen LogP contribution in [0.2, 0.25) is 0 Å². The predicted octanol–water partition coefficient (Wildman–Crippen LogP) is 1.04. The fourth-order valence-electron chi connectivity index (χ4n) is 1.10. The molecule has 0 radical (unpaired) electrons. The molecule has 3 heteroatoms. The number of methoxy groups -OCH3 is 1. The van der Waals surface area contributed by atoms with Gasteiger partial charge in [-0.3, -0.25) is 0 Å². The highest BCUT2D eigenvalue weighted by Gasteiger charge is 2.05. The largest absolute Gasteiger partial charge is 0.383 e. The van der Waals surface area contributed by atoms with Crippen molar-refractivity contribution < 1.29 is 9.47 Å². The molecule has 0 aromatic rings. The van der Waals surface area contributed by atoms with E-state index in [0.29, 0.717) is 6.04 Å². The molecule has 0 saturated carbocycles. The van der Waals surface area contributed by atoms with Crippen molar-refractivity contribution in [3.63, 3.8) is 0 Å². The SMILES string of the molecule is CCNC(CCOCC)COC. The van der Waals surface area contributed by atoms with Gasteiger partial charge in [-0.1, -0.05) is 6.92 Å². The Hall–Kier alpha value is -0.120. The van der Waals surface area contributed by atoms with E-state index < -0.39 is 0 Å². The highest BCUT2D eigenvalue weighted by molar-refractivity contribution is 4.64. The number of nitrogens with one attached hydrogen (secondary N) is 1. The van der Waals surface area contributed by atoms with Crippen LogP contribution in [0.15, 0.2) is 0 Å². The summed E-state index contributed by atoms with van der Waals surface area (Å²) in [5, 5.41) is 3.34. The first kappa shape index (κ1) is 11.9. The molecule has 0 heterocycles. The molecule has 3 nitrogen and oxygen atoms in total. The molecule has 0 rings (SSSR count). The fourth-order valence-corrected chi connectivity index (χ4v) is 1.10. The molecule has 0 aromatic heterocycles. The maximum absolute atomic E-state index is 5.26. The molecule has 1 unspecified atom stereocenters. The third kappa shape index (κ3) is 6.58. The van der Waals surface area contributed by atoms with Gasteiger partial charge in [-0.25, -0.2) is 0 Å². The minimum absolute atomic E-state index is 0.437. The minimum atomic E-state index is 0.437. The third-order valence-corrected chi connectivity index (χ3v) is 1.68. The molecule has 0 aromatic carbocycles. The van der Waals surface area contributed by atoms with Crippen molar-refractivity contribution in [3.8, 4) is 0 Å². The summed E-state index contributed by atoms with van der Waals surface area (Å²) in [7, 11) is 1.73. The second kappa shape index (κ2) is 8.97. The van der Waals surface area contributed by atoms with Gasteiger partial charge in [0.1, 0.15) is 0 Å². The molecule has 0 aliphatic carbocycles. The van der Waals surface area contributed by atoms with E-state index in [1.807, 2.05) is 6.92 Å². The van der Waals surface area contributed by atoms with E-state index in [0.717, 1.165) is 32.8 Å². The van der Waals surface area contributed by atoms with Crippen molar-refractivity contribution in [1.82, 2.24) is 5.32 Å². The van der Waals surface area contributed by atoms with Crippen LogP contribution < -0.4 is 5.32 Å². The molecule has 12 heavy (non-hydrogen) atoms. The maximum Gasteiger partial charge on any atom is 0.0616 e. The van der Waals surface area contributed by atoms with Crippen molar-refractivity contribution in [1.29, 1.82) is 0 Å². The molecule has 0 saturated heterocycles. The Morgan fingerprint density at radius 3 is 2.58 bits per heavy atom. The van der Waals surface area contributed by atoms with Crippen LogP contribution in [0.25, 0.3) is 0 Å². The second-order valence-electron chi connectivity index (χ2n) is 2.70. The van der Waals surface area contributed by atoms with Gasteiger partial charge in [0, 0.05) is 26.4 Å². The standard InChI is InChI=1S/C9H21NO2/c1-4-10-9(8-11-3)6-7-12-5-2/h9-10H,4-8H2,1-3H3. The lowest BCUT2D eigenvalue weighted by Crippen LogP contribution is -2.34. The van der Waals surface area contributed by atoms with Crippen LogP contribution in [0.1, 0.15) is 20.3 Å². The molecule has 0 aliphatic rings. The summed E-state index contributed by atoms with van der Waals surface area (Å²) in [6.07, 6.45) is 1.02. The van der Waals surface area contributed by atoms with E-state index in [1.54, 1.807) is 7.11 Å². The lowest BCUT2D eigenvalue weighted by molar-refractivity contribution is 0.111. The predicted molar refractivity (Wildman–Crippen MR) is 50.5 cm³/mol. The molecular formula is C9H21NO2. The Balaban J connectivity index is 3.34. The van der Waals surface area contributed by atoms with Crippen LogP contribution in [-0.2, 0) is 9.47 Å². The van der Waals surface area contributed by atoms with Crippen molar-refractivity contribution in [2.45, 2.75) is 26.3 Å². The van der Waals surface area contributed by atoms with Gasteiger partial charge >= 0.3 is 0 Å². The van der Waals surface area contributed by atoms with Gasteiger partial charge in [0.25, 0.3) is 0 Å². The zero-order valence-electron chi connectivity index (χ0n) is 8.43. The monoisotopic (exact) mass is 175 g/mol. The Kier molecular flexibility index (Phi) is 8.88. The van der Waals surface area contributed by atoms with Crippen molar-refractivity contribution in [3.05, 3.63) is 0 Å². The fraction of sp³-hybridized carbons (Fsp3) is 1.00. The number of hydrogen-bond acceptors (Lipinski definition) is 3. The van der Waals surface area contributed by atoms with Gasteiger partial charge in [-0.05, 0) is 19.9 Å². The number of likely N-dealkylation sites (N-methyl/N-ethyl adjacent to an activating group) is 1. The first-order valence-electron chi connectivity index (χ1n) is 4.65. The Morgan fingerprint density at radius 2 is 2.08 bits per heavy atom. The van der Waals surface area contributed by atoms with Crippen LogP contribution in [0.4, 0.5) is 0 Å². The molecule has 0 spiro atoms. The van der Waals surface area contributed by atoms with Crippen LogP contribution in [-0.4, -0.2) is 39.5 Å². The molecule has 0 aliphatic heterocycles. The van der Waals surface area contributed by atoms with Crippen molar-refractivity contribution >= 4 is 0 Å². The Bertz CT molecular complexity index is 82.6. The molecule has 0 amide bonds. The first-order chi connectivity index (χ1) is 5.85. The van der Waals surface area contributed by atoms with Crippen molar-refractivity contribution in [2.75, 3.05) is 33.5 Å². The topological polar surface area (TPSA) is 30.5 Å². The van der Waals surface area contributed by atoms with Crippen LogP contribution in [0.5, 0.6) is 0 Å². The maximum atomic E-state index is 5.26. The molecule has 0 fully saturated rings. The zero-order valence-corrected chi connectivity index (χ0v) is 8.43. The van der Waals surface area contributed by atoms with Gasteiger partial charge in [-0.2, -0.15) is 0 Å². The Morgan fingerprint density at radius 1 is 1.33 bits per heavy atom. The highest BCUT2D eigenvalue weighted by Crippen LogP contribution is 1.93. The molecular weight excluding hydrogens is 154 g/mol. The van der Waals surface area contributed by atoms with E-state index in [9.17, 15) is 0 Å². The minimum Gasteiger partial charge on any atom is -0.383 e. The Labute approximate surface area is 75.4 Å². The summed E-state index contributed by atoms with van der Waals surface area (Å²) >= 11 is 0. The van der Waals surface area contributed by atoms with E-state index in [4.69, 9.17) is 9.47 Å². The first-order valence-corrected chi connectivity index (χ1v) is 4.65. The van der Waals surface area contributed by atoms with Gasteiger partial charge in [-0.15, -0.1) is 0 Å². The van der Waals surface area contributed by atoms with E-state index in [1.165, 1.54) is 0 Å². The summed E-state index contributed by atoms with van der Waals surface area (Å²) in [5.74, 6) is 0. The highest BCUT2D eigenvalue weighted by atomic mass is 16.5. The van der Waals surface area contributed by atoms with Gasteiger partial charge in [0.2, 0.25) is 0 Å². The van der Waals surface area contributed by atoms with E-state index in [-0.39, 0.29) is 0 Å². The summed E-state index contributed by atoms with van der Waals surface area (Å²) in [6, 6.07) is 0.437. The molecule has 0 bridgehead atoms. The van der Waals surface area contributed by atoms with Gasteiger partial charge in [0.15, 0.2) is 0 Å². The molecule has 74 valence electrons. The lowest BCUT2D eigenvalue weighted by atomic mass is 10.2. The molecule has 1 atom stereocenters. The van der Waals surface area contributed by atoms with Crippen LogP contribution in [0, 0.1) is 0 Å². The summed E-state index contributed by atoms with van der Waals surface area (Å²) in [4.78, 5) is 0. The summed E-state index contributed by atoms with van der Waals surface area (Å²) in [6.45, 7) is 7.48. The smallest absolute Gasteiger partial charge is 0.0616 e. The van der Waals surface area contributed by atoms with Gasteiger partial charge < -0.3 is 14.8 Å². The quantitative estimate of drug-likeness (QED) is 0.559. The number of rotatable bonds is 8. The van der Waals surface area contributed by atoms with E-state index in [2.05, 4.69) is 12.2 Å².